The Labute approximate surface area is 102 Å². The van der Waals surface area contributed by atoms with Gasteiger partial charge in [-0.3, -0.25) is 9.78 Å². The zero-order valence-electron chi connectivity index (χ0n) is 10.4. The van der Waals surface area contributed by atoms with Crippen LogP contribution in [0.4, 0.5) is 0 Å². The number of aromatic nitrogens is 1. The molecule has 4 nitrogen and oxygen atoms in total. The van der Waals surface area contributed by atoms with Gasteiger partial charge in [0, 0.05) is 12.4 Å². The van der Waals surface area contributed by atoms with E-state index in [0.717, 1.165) is 19.5 Å². The van der Waals surface area contributed by atoms with Crippen molar-refractivity contribution in [2.45, 2.75) is 26.7 Å². The molecule has 0 bridgehead atoms. The molecule has 0 aromatic carbocycles. The molecule has 1 aromatic rings. The predicted molar refractivity (Wildman–Crippen MR) is 66.8 cm³/mol. The number of hydrogen-bond acceptors (Lipinski definition) is 3. The average molecular weight is 236 g/mol. The Bertz CT molecular complexity index is 350. The van der Waals surface area contributed by atoms with Crippen molar-refractivity contribution in [1.29, 1.82) is 0 Å². The predicted octanol–water partition coefficient (Wildman–Crippen LogP) is 1.71. The number of aliphatic carboxylic acids is 1. The molecule has 4 heteroatoms. The molecule has 94 valence electrons. The molecular weight excluding hydrogens is 216 g/mol. The van der Waals surface area contributed by atoms with Gasteiger partial charge in [0.05, 0.1) is 5.41 Å². The van der Waals surface area contributed by atoms with Crippen molar-refractivity contribution in [3.05, 3.63) is 30.1 Å². The van der Waals surface area contributed by atoms with E-state index in [9.17, 15) is 4.79 Å². The second-order valence-corrected chi connectivity index (χ2v) is 4.80. The van der Waals surface area contributed by atoms with Gasteiger partial charge in [-0.2, -0.15) is 0 Å². The van der Waals surface area contributed by atoms with Gasteiger partial charge in [-0.15, -0.1) is 0 Å². The van der Waals surface area contributed by atoms with Crippen molar-refractivity contribution in [3.63, 3.8) is 0 Å². The zero-order chi connectivity index (χ0) is 12.7. The van der Waals surface area contributed by atoms with Gasteiger partial charge in [-0.25, -0.2) is 0 Å². The summed E-state index contributed by atoms with van der Waals surface area (Å²) >= 11 is 0. The molecule has 1 aromatic heterocycles. The van der Waals surface area contributed by atoms with E-state index in [1.807, 2.05) is 18.3 Å². The minimum Gasteiger partial charge on any atom is -0.481 e. The summed E-state index contributed by atoms with van der Waals surface area (Å²) in [4.78, 5) is 14.9. The van der Waals surface area contributed by atoms with Crippen molar-refractivity contribution in [1.82, 2.24) is 10.3 Å². The molecule has 1 heterocycles. The topological polar surface area (TPSA) is 62.2 Å². The Morgan fingerprint density at radius 2 is 2.24 bits per heavy atom. The standard InChI is InChI=1S/C13H20N2O2/c1-13(2,12(16)17)6-9-14-8-5-11-4-3-7-15-10-11/h3-4,7,10,14H,5-6,8-9H2,1-2H3,(H,16,17). The number of carboxylic acid groups (broad SMARTS) is 1. The molecule has 0 saturated carbocycles. The summed E-state index contributed by atoms with van der Waals surface area (Å²) < 4.78 is 0. The van der Waals surface area contributed by atoms with Gasteiger partial charge in [0.2, 0.25) is 0 Å². The van der Waals surface area contributed by atoms with Crippen molar-refractivity contribution < 1.29 is 9.90 Å². The van der Waals surface area contributed by atoms with Crippen LogP contribution in [0.5, 0.6) is 0 Å². The van der Waals surface area contributed by atoms with E-state index in [4.69, 9.17) is 5.11 Å². The summed E-state index contributed by atoms with van der Waals surface area (Å²) in [5.41, 5.74) is 0.541. The third kappa shape index (κ3) is 4.95. The summed E-state index contributed by atoms with van der Waals surface area (Å²) in [6.45, 7) is 5.07. The third-order valence-electron chi connectivity index (χ3n) is 2.82. The number of nitrogens with one attached hydrogen (secondary N) is 1. The lowest BCUT2D eigenvalue weighted by atomic mass is 9.90. The van der Waals surface area contributed by atoms with E-state index >= 15 is 0 Å². The molecule has 0 aliphatic carbocycles. The first-order valence-electron chi connectivity index (χ1n) is 5.85. The summed E-state index contributed by atoms with van der Waals surface area (Å²) in [6, 6.07) is 3.96. The fourth-order valence-corrected chi connectivity index (χ4v) is 1.41. The first-order valence-corrected chi connectivity index (χ1v) is 5.85. The van der Waals surface area contributed by atoms with Crippen LogP contribution >= 0.6 is 0 Å². The molecule has 17 heavy (non-hydrogen) atoms. The first kappa shape index (κ1) is 13.6. The molecule has 0 amide bonds. The largest absolute Gasteiger partial charge is 0.481 e. The van der Waals surface area contributed by atoms with Crippen molar-refractivity contribution in [3.8, 4) is 0 Å². The van der Waals surface area contributed by atoms with E-state index in [1.54, 1.807) is 20.0 Å². The van der Waals surface area contributed by atoms with Crippen LogP contribution < -0.4 is 5.32 Å². The van der Waals surface area contributed by atoms with Crippen molar-refractivity contribution in [2.24, 2.45) is 5.41 Å². The van der Waals surface area contributed by atoms with Crippen LogP contribution in [0.25, 0.3) is 0 Å². The Hall–Kier alpha value is -1.42. The highest BCUT2D eigenvalue weighted by atomic mass is 16.4. The fourth-order valence-electron chi connectivity index (χ4n) is 1.41. The monoisotopic (exact) mass is 236 g/mol. The molecule has 0 fully saturated rings. The van der Waals surface area contributed by atoms with Gasteiger partial charge in [0.25, 0.3) is 0 Å². The molecule has 0 spiro atoms. The molecule has 2 N–H and O–H groups in total. The summed E-state index contributed by atoms with van der Waals surface area (Å²) in [5, 5.41) is 12.2. The normalized spacial score (nSPS) is 11.4. The smallest absolute Gasteiger partial charge is 0.309 e. The van der Waals surface area contributed by atoms with Crippen LogP contribution in [0, 0.1) is 5.41 Å². The number of carboxylic acids is 1. The van der Waals surface area contributed by atoms with Crippen LogP contribution in [0.1, 0.15) is 25.8 Å². The Kier molecular flexibility index (Phi) is 5.10. The van der Waals surface area contributed by atoms with Crippen LogP contribution in [0.2, 0.25) is 0 Å². The molecule has 0 unspecified atom stereocenters. The van der Waals surface area contributed by atoms with E-state index in [0.29, 0.717) is 6.42 Å². The van der Waals surface area contributed by atoms with Gasteiger partial charge in [0.15, 0.2) is 0 Å². The van der Waals surface area contributed by atoms with Gasteiger partial charge < -0.3 is 10.4 Å². The molecule has 0 radical (unpaired) electrons. The van der Waals surface area contributed by atoms with E-state index < -0.39 is 11.4 Å². The van der Waals surface area contributed by atoms with Crippen LogP contribution in [0.15, 0.2) is 24.5 Å². The summed E-state index contributed by atoms with van der Waals surface area (Å²) in [6.07, 6.45) is 5.16. The second-order valence-electron chi connectivity index (χ2n) is 4.80. The maximum absolute atomic E-state index is 10.9. The summed E-state index contributed by atoms with van der Waals surface area (Å²) in [7, 11) is 0. The van der Waals surface area contributed by atoms with Crippen LogP contribution in [0.3, 0.4) is 0 Å². The highest BCUT2D eigenvalue weighted by Crippen LogP contribution is 2.19. The van der Waals surface area contributed by atoms with Gasteiger partial charge >= 0.3 is 5.97 Å². The highest BCUT2D eigenvalue weighted by Gasteiger charge is 2.25. The van der Waals surface area contributed by atoms with Gasteiger partial charge in [0.1, 0.15) is 0 Å². The maximum atomic E-state index is 10.9. The minimum atomic E-state index is -0.744. The number of hydrogen-bond donors (Lipinski definition) is 2. The lowest BCUT2D eigenvalue weighted by molar-refractivity contribution is -0.147. The van der Waals surface area contributed by atoms with E-state index in [-0.39, 0.29) is 0 Å². The number of rotatable bonds is 7. The quantitative estimate of drug-likeness (QED) is 0.708. The molecule has 0 aliphatic rings. The lowest BCUT2D eigenvalue weighted by Crippen LogP contribution is -2.29. The highest BCUT2D eigenvalue weighted by molar-refractivity contribution is 5.73. The lowest BCUT2D eigenvalue weighted by Gasteiger charge is -2.18. The molecule has 0 saturated heterocycles. The Balaban J connectivity index is 2.15. The number of carbonyl (C=O) groups is 1. The fraction of sp³-hybridized carbons (Fsp3) is 0.538. The zero-order valence-corrected chi connectivity index (χ0v) is 10.4. The van der Waals surface area contributed by atoms with Crippen molar-refractivity contribution in [2.75, 3.05) is 13.1 Å². The first-order chi connectivity index (χ1) is 8.02. The van der Waals surface area contributed by atoms with Crippen molar-refractivity contribution >= 4 is 5.97 Å². The number of nitrogens with zero attached hydrogens (tertiary/aromatic N) is 1. The third-order valence-corrected chi connectivity index (χ3v) is 2.82. The Morgan fingerprint density at radius 1 is 1.47 bits per heavy atom. The van der Waals surface area contributed by atoms with Gasteiger partial charge in [-0.05, 0) is 51.4 Å². The number of pyridine rings is 1. The van der Waals surface area contributed by atoms with E-state index in [1.165, 1.54) is 5.56 Å². The van der Waals surface area contributed by atoms with E-state index in [2.05, 4.69) is 10.3 Å². The SMILES string of the molecule is CC(C)(CCNCCc1cccnc1)C(=O)O. The average Bonchev–Trinajstić information content (AvgIpc) is 2.29. The van der Waals surface area contributed by atoms with Crippen LogP contribution in [-0.4, -0.2) is 29.1 Å². The molecule has 0 atom stereocenters. The molecule has 0 aliphatic heterocycles. The molecular formula is C13H20N2O2. The minimum absolute atomic E-state index is 0.634. The second kappa shape index (κ2) is 6.35. The Morgan fingerprint density at radius 3 is 2.82 bits per heavy atom. The summed E-state index contributed by atoms with van der Waals surface area (Å²) in [5.74, 6) is -0.744. The molecule has 1 rings (SSSR count). The van der Waals surface area contributed by atoms with Gasteiger partial charge in [-0.1, -0.05) is 6.07 Å². The van der Waals surface area contributed by atoms with Crippen LogP contribution in [-0.2, 0) is 11.2 Å². The maximum Gasteiger partial charge on any atom is 0.309 e.